The predicted octanol–water partition coefficient (Wildman–Crippen LogP) is 3.70. The molecule has 0 spiro atoms. The number of rotatable bonds is 2. The van der Waals surface area contributed by atoms with Crippen LogP contribution in [0.4, 0.5) is 0 Å². The van der Waals surface area contributed by atoms with Crippen molar-refractivity contribution >= 4 is 32.4 Å². The van der Waals surface area contributed by atoms with Crippen LogP contribution >= 0.6 is 15.9 Å². The summed E-state index contributed by atoms with van der Waals surface area (Å²) in [6.45, 7) is 0. The Hall–Kier alpha value is -1.39. The van der Waals surface area contributed by atoms with Gasteiger partial charge in [0.15, 0.2) is 0 Å². The number of hydrogen-bond donors (Lipinski definition) is 0. The van der Waals surface area contributed by atoms with Crippen LogP contribution in [0.1, 0.15) is 12.0 Å². The van der Waals surface area contributed by atoms with Gasteiger partial charge in [-0.2, -0.15) is 0 Å². The Morgan fingerprint density at radius 1 is 1.22 bits per heavy atom. The summed E-state index contributed by atoms with van der Waals surface area (Å²) < 4.78 is 6.24. The SMILES string of the molecule is COC1CC(c2ccc(Br)c3ccccc23)=NO1. The molecular formula is C14H12BrNO2. The molecule has 2 aromatic carbocycles. The van der Waals surface area contributed by atoms with Crippen molar-refractivity contribution in [2.75, 3.05) is 7.11 Å². The van der Waals surface area contributed by atoms with Crippen molar-refractivity contribution < 1.29 is 9.57 Å². The summed E-state index contributed by atoms with van der Waals surface area (Å²) in [4.78, 5) is 5.20. The maximum absolute atomic E-state index is 5.20. The number of methoxy groups -OCH3 is 1. The molecule has 0 fully saturated rings. The molecule has 4 heteroatoms. The van der Waals surface area contributed by atoms with E-state index in [2.05, 4.69) is 39.3 Å². The minimum absolute atomic E-state index is 0.262. The number of hydrogen-bond acceptors (Lipinski definition) is 3. The monoisotopic (exact) mass is 305 g/mol. The largest absolute Gasteiger partial charge is 0.363 e. The zero-order chi connectivity index (χ0) is 12.5. The lowest BCUT2D eigenvalue weighted by Gasteiger charge is -2.07. The lowest BCUT2D eigenvalue weighted by Crippen LogP contribution is -2.10. The molecule has 1 unspecified atom stereocenters. The minimum Gasteiger partial charge on any atom is -0.363 e. The number of fused-ring (bicyclic) bond motifs is 1. The Bertz CT molecular complexity index is 624. The van der Waals surface area contributed by atoms with Crippen molar-refractivity contribution in [3.8, 4) is 0 Å². The summed E-state index contributed by atoms with van der Waals surface area (Å²) in [5.74, 6) is 0. The Labute approximate surface area is 114 Å². The summed E-state index contributed by atoms with van der Waals surface area (Å²) in [6, 6.07) is 12.3. The quantitative estimate of drug-likeness (QED) is 0.847. The van der Waals surface area contributed by atoms with E-state index >= 15 is 0 Å². The van der Waals surface area contributed by atoms with E-state index in [9.17, 15) is 0 Å². The zero-order valence-electron chi connectivity index (χ0n) is 9.89. The molecule has 0 aliphatic carbocycles. The van der Waals surface area contributed by atoms with Gasteiger partial charge in [0, 0.05) is 17.1 Å². The molecule has 3 rings (SSSR count). The minimum atomic E-state index is -0.262. The summed E-state index contributed by atoms with van der Waals surface area (Å²) >= 11 is 3.57. The molecule has 1 aliphatic heterocycles. The number of benzene rings is 2. The van der Waals surface area contributed by atoms with Gasteiger partial charge in [-0.05, 0) is 16.8 Å². The Kier molecular flexibility index (Phi) is 3.06. The third kappa shape index (κ3) is 1.91. The number of ether oxygens (including phenoxy) is 1. The van der Waals surface area contributed by atoms with Gasteiger partial charge in [0.05, 0.1) is 12.1 Å². The highest BCUT2D eigenvalue weighted by atomic mass is 79.9. The first-order valence-electron chi connectivity index (χ1n) is 5.72. The molecule has 3 nitrogen and oxygen atoms in total. The van der Waals surface area contributed by atoms with E-state index in [1.807, 2.05) is 18.2 Å². The Balaban J connectivity index is 2.11. The van der Waals surface area contributed by atoms with Crippen molar-refractivity contribution in [1.29, 1.82) is 0 Å². The summed E-state index contributed by atoms with van der Waals surface area (Å²) in [6.07, 6.45) is 0.421. The normalized spacial score (nSPS) is 18.8. The van der Waals surface area contributed by atoms with Crippen LogP contribution in [0, 0.1) is 0 Å². The van der Waals surface area contributed by atoms with Crippen molar-refractivity contribution in [3.63, 3.8) is 0 Å². The molecule has 0 radical (unpaired) electrons. The highest BCUT2D eigenvalue weighted by Crippen LogP contribution is 2.29. The number of halogens is 1. The second-order valence-electron chi connectivity index (χ2n) is 4.15. The fraction of sp³-hybridized carbons (Fsp3) is 0.214. The van der Waals surface area contributed by atoms with Gasteiger partial charge in [-0.15, -0.1) is 0 Å². The molecule has 0 saturated carbocycles. The molecule has 1 heterocycles. The molecule has 0 N–H and O–H groups in total. The van der Waals surface area contributed by atoms with Crippen molar-refractivity contribution in [3.05, 3.63) is 46.4 Å². The van der Waals surface area contributed by atoms with Crippen molar-refractivity contribution in [1.82, 2.24) is 0 Å². The van der Waals surface area contributed by atoms with Crippen LogP contribution < -0.4 is 0 Å². The molecule has 0 bridgehead atoms. The second kappa shape index (κ2) is 4.71. The van der Waals surface area contributed by atoms with Gasteiger partial charge in [-0.1, -0.05) is 51.4 Å². The fourth-order valence-electron chi connectivity index (χ4n) is 2.15. The first-order valence-corrected chi connectivity index (χ1v) is 6.52. The molecule has 0 aromatic heterocycles. The molecule has 92 valence electrons. The maximum atomic E-state index is 5.20. The van der Waals surface area contributed by atoms with Crippen LogP contribution in [0.5, 0.6) is 0 Å². The van der Waals surface area contributed by atoms with Crippen LogP contribution in [0.2, 0.25) is 0 Å². The molecule has 1 aliphatic rings. The van der Waals surface area contributed by atoms with E-state index in [4.69, 9.17) is 9.57 Å². The van der Waals surface area contributed by atoms with Gasteiger partial charge >= 0.3 is 0 Å². The second-order valence-corrected chi connectivity index (χ2v) is 5.01. The van der Waals surface area contributed by atoms with E-state index in [0.29, 0.717) is 6.42 Å². The third-order valence-electron chi connectivity index (χ3n) is 3.09. The third-order valence-corrected chi connectivity index (χ3v) is 3.78. The maximum Gasteiger partial charge on any atom is 0.232 e. The average Bonchev–Trinajstić information content (AvgIpc) is 2.88. The lowest BCUT2D eigenvalue weighted by atomic mass is 9.99. The van der Waals surface area contributed by atoms with Crippen molar-refractivity contribution in [2.45, 2.75) is 12.7 Å². The summed E-state index contributed by atoms with van der Waals surface area (Å²) in [5.41, 5.74) is 2.04. The van der Waals surface area contributed by atoms with E-state index in [-0.39, 0.29) is 6.29 Å². The molecule has 18 heavy (non-hydrogen) atoms. The first-order chi connectivity index (χ1) is 8.79. The Morgan fingerprint density at radius 3 is 2.72 bits per heavy atom. The van der Waals surface area contributed by atoms with Gasteiger partial charge in [0.1, 0.15) is 0 Å². The summed E-state index contributed by atoms with van der Waals surface area (Å²) in [5, 5.41) is 6.47. The van der Waals surface area contributed by atoms with Gasteiger partial charge in [-0.3, -0.25) is 0 Å². The van der Waals surface area contributed by atoms with Gasteiger partial charge < -0.3 is 9.57 Å². The van der Waals surface area contributed by atoms with E-state index in [1.54, 1.807) is 7.11 Å². The van der Waals surface area contributed by atoms with E-state index in [1.165, 1.54) is 10.8 Å². The van der Waals surface area contributed by atoms with Crippen LogP contribution in [-0.2, 0) is 9.57 Å². The van der Waals surface area contributed by atoms with Crippen LogP contribution in [-0.4, -0.2) is 19.1 Å². The molecule has 0 amide bonds. The molecule has 0 saturated heterocycles. The van der Waals surface area contributed by atoms with E-state index < -0.39 is 0 Å². The lowest BCUT2D eigenvalue weighted by molar-refractivity contribution is -0.103. The molecular weight excluding hydrogens is 294 g/mol. The zero-order valence-corrected chi connectivity index (χ0v) is 11.5. The van der Waals surface area contributed by atoms with Crippen molar-refractivity contribution in [2.24, 2.45) is 5.16 Å². The fourth-order valence-corrected chi connectivity index (χ4v) is 2.63. The Morgan fingerprint density at radius 2 is 2.00 bits per heavy atom. The van der Waals surface area contributed by atoms with Crippen LogP contribution in [0.15, 0.2) is 46.0 Å². The highest BCUT2D eigenvalue weighted by molar-refractivity contribution is 9.10. The number of nitrogens with zero attached hydrogens (tertiary/aromatic N) is 1. The van der Waals surface area contributed by atoms with E-state index in [0.717, 1.165) is 15.7 Å². The standard InChI is InChI=1S/C14H12BrNO2/c1-17-14-8-13(16-18-14)11-6-7-12(15)10-5-3-2-4-9(10)11/h2-7,14H,8H2,1H3. The van der Waals surface area contributed by atoms with Gasteiger partial charge in [-0.25, -0.2) is 0 Å². The molecule has 2 aromatic rings. The van der Waals surface area contributed by atoms with Gasteiger partial charge in [0.2, 0.25) is 6.29 Å². The smallest absolute Gasteiger partial charge is 0.232 e. The first kappa shape index (κ1) is 11.7. The van der Waals surface area contributed by atoms with Gasteiger partial charge in [0.25, 0.3) is 0 Å². The highest BCUT2D eigenvalue weighted by Gasteiger charge is 2.22. The predicted molar refractivity (Wildman–Crippen MR) is 74.7 cm³/mol. The van der Waals surface area contributed by atoms with Crippen LogP contribution in [0.3, 0.4) is 0 Å². The topological polar surface area (TPSA) is 30.8 Å². The average molecular weight is 306 g/mol. The van der Waals surface area contributed by atoms with Crippen LogP contribution in [0.25, 0.3) is 10.8 Å². The summed E-state index contributed by atoms with van der Waals surface area (Å²) in [7, 11) is 1.63. The molecule has 1 atom stereocenters. The number of oxime groups is 1.